The molecule has 7 nitrogen and oxygen atoms in total. The number of hydrogen-bond acceptors (Lipinski definition) is 5. The van der Waals surface area contributed by atoms with E-state index in [-0.39, 0.29) is 12.5 Å². The predicted octanol–water partition coefficient (Wildman–Crippen LogP) is 0.195. The predicted molar refractivity (Wildman–Crippen MR) is 74.6 cm³/mol. The van der Waals surface area contributed by atoms with Gasteiger partial charge in [-0.05, 0) is 24.6 Å². The Kier molecular flexibility index (Phi) is 5.19. The number of hydrogen-bond donors (Lipinski definition) is 2. The minimum Gasteiger partial charge on any atom is -0.354 e. The van der Waals surface area contributed by atoms with Gasteiger partial charge in [-0.15, -0.1) is 10.2 Å². The molecular formula is C13H18N6O. The van der Waals surface area contributed by atoms with Crippen molar-refractivity contribution in [2.45, 2.75) is 19.4 Å². The van der Waals surface area contributed by atoms with Crippen LogP contribution in [0.3, 0.4) is 0 Å². The summed E-state index contributed by atoms with van der Waals surface area (Å²) in [5, 5.41) is 14.8. The quantitative estimate of drug-likeness (QED) is 0.702. The number of carbonyl (C=O) groups is 1. The second kappa shape index (κ2) is 7.34. The van der Waals surface area contributed by atoms with Crippen LogP contribution in [0.5, 0.6) is 0 Å². The molecule has 0 aliphatic rings. The van der Waals surface area contributed by atoms with Crippen molar-refractivity contribution in [3.05, 3.63) is 30.3 Å². The van der Waals surface area contributed by atoms with Gasteiger partial charge in [-0.25, -0.2) is 0 Å². The number of unbranched alkanes of at least 4 members (excludes halogenated alkanes) is 1. The van der Waals surface area contributed by atoms with Crippen LogP contribution in [0.2, 0.25) is 0 Å². The molecule has 2 aromatic rings. The number of nitrogens with one attached hydrogen (secondary N) is 1. The van der Waals surface area contributed by atoms with Crippen LogP contribution in [0.4, 0.5) is 0 Å². The van der Waals surface area contributed by atoms with Crippen LogP contribution in [0.15, 0.2) is 30.3 Å². The maximum atomic E-state index is 11.7. The van der Waals surface area contributed by atoms with E-state index in [2.05, 4.69) is 20.7 Å². The fourth-order valence-corrected chi connectivity index (χ4v) is 1.69. The summed E-state index contributed by atoms with van der Waals surface area (Å²) in [6, 6.07) is 9.52. The standard InChI is InChI=1S/C13H18N6O/c14-8-4-5-9-15-12(20)10-19-17-13(16-18-19)11-6-2-1-3-7-11/h1-3,6-7H,4-5,8-10,14H2,(H,15,20). The van der Waals surface area contributed by atoms with E-state index in [1.54, 1.807) is 0 Å². The van der Waals surface area contributed by atoms with Crippen molar-refractivity contribution in [3.63, 3.8) is 0 Å². The third-order valence-corrected chi connectivity index (χ3v) is 2.72. The van der Waals surface area contributed by atoms with Gasteiger partial charge < -0.3 is 11.1 Å². The number of amides is 1. The van der Waals surface area contributed by atoms with E-state index < -0.39 is 0 Å². The molecule has 0 saturated carbocycles. The number of nitrogens with two attached hydrogens (primary N) is 1. The summed E-state index contributed by atoms with van der Waals surface area (Å²) in [5.74, 6) is 0.389. The Morgan fingerprint density at radius 1 is 1.25 bits per heavy atom. The second-order valence-corrected chi connectivity index (χ2v) is 4.36. The second-order valence-electron chi connectivity index (χ2n) is 4.36. The molecular weight excluding hydrogens is 256 g/mol. The maximum absolute atomic E-state index is 11.7. The van der Waals surface area contributed by atoms with Crippen LogP contribution in [0.25, 0.3) is 11.4 Å². The summed E-state index contributed by atoms with van der Waals surface area (Å²) >= 11 is 0. The summed E-state index contributed by atoms with van der Waals surface area (Å²) in [4.78, 5) is 12.9. The van der Waals surface area contributed by atoms with Crippen LogP contribution in [-0.2, 0) is 11.3 Å². The molecule has 1 amide bonds. The minimum atomic E-state index is -0.126. The zero-order valence-electron chi connectivity index (χ0n) is 11.2. The monoisotopic (exact) mass is 274 g/mol. The topological polar surface area (TPSA) is 98.7 Å². The van der Waals surface area contributed by atoms with Gasteiger partial charge in [0.1, 0.15) is 6.54 Å². The van der Waals surface area contributed by atoms with Gasteiger partial charge in [-0.1, -0.05) is 30.3 Å². The van der Waals surface area contributed by atoms with Crippen molar-refractivity contribution < 1.29 is 4.79 Å². The van der Waals surface area contributed by atoms with Crippen LogP contribution >= 0.6 is 0 Å². The average Bonchev–Trinajstić information content (AvgIpc) is 2.93. The normalized spacial score (nSPS) is 10.4. The smallest absolute Gasteiger partial charge is 0.243 e. The van der Waals surface area contributed by atoms with E-state index >= 15 is 0 Å². The number of tetrazole rings is 1. The number of aromatic nitrogens is 4. The van der Waals surface area contributed by atoms with Crippen molar-refractivity contribution in [1.29, 1.82) is 0 Å². The molecule has 0 unspecified atom stereocenters. The highest BCUT2D eigenvalue weighted by molar-refractivity contribution is 5.75. The van der Waals surface area contributed by atoms with Crippen molar-refractivity contribution in [2.24, 2.45) is 5.73 Å². The van der Waals surface area contributed by atoms with Gasteiger partial charge in [0, 0.05) is 12.1 Å². The lowest BCUT2D eigenvalue weighted by Gasteiger charge is -2.03. The molecule has 20 heavy (non-hydrogen) atoms. The first-order chi connectivity index (χ1) is 9.79. The molecule has 2 rings (SSSR count). The summed E-state index contributed by atoms with van der Waals surface area (Å²) in [7, 11) is 0. The molecule has 0 aliphatic carbocycles. The summed E-state index contributed by atoms with van der Waals surface area (Å²) in [6.45, 7) is 1.33. The molecule has 1 heterocycles. The van der Waals surface area contributed by atoms with E-state index in [4.69, 9.17) is 5.73 Å². The Hall–Kier alpha value is -2.28. The van der Waals surface area contributed by atoms with Crippen LogP contribution < -0.4 is 11.1 Å². The van der Waals surface area contributed by atoms with Gasteiger partial charge >= 0.3 is 0 Å². The van der Waals surface area contributed by atoms with E-state index in [0.29, 0.717) is 18.9 Å². The van der Waals surface area contributed by atoms with Gasteiger partial charge in [0.2, 0.25) is 11.7 Å². The maximum Gasteiger partial charge on any atom is 0.243 e. The molecule has 0 bridgehead atoms. The third kappa shape index (κ3) is 4.13. The highest BCUT2D eigenvalue weighted by atomic mass is 16.2. The van der Waals surface area contributed by atoms with Crippen LogP contribution in [-0.4, -0.2) is 39.2 Å². The Balaban J connectivity index is 1.85. The number of nitrogens with zero attached hydrogens (tertiary/aromatic N) is 4. The van der Waals surface area contributed by atoms with Crippen molar-refractivity contribution in [1.82, 2.24) is 25.5 Å². The lowest BCUT2D eigenvalue weighted by atomic mass is 10.2. The van der Waals surface area contributed by atoms with Gasteiger partial charge in [0.25, 0.3) is 0 Å². The van der Waals surface area contributed by atoms with E-state index in [1.165, 1.54) is 4.80 Å². The van der Waals surface area contributed by atoms with E-state index in [9.17, 15) is 4.79 Å². The summed E-state index contributed by atoms with van der Waals surface area (Å²) < 4.78 is 0. The summed E-state index contributed by atoms with van der Waals surface area (Å²) in [5.41, 5.74) is 6.26. The lowest BCUT2D eigenvalue weighted by molar-refractivity contribution is -0.122. The minimum absolute atomic E-state index is 0.0719. The van der Waals surface area contributed by atoms with Crippen molar-refractivity contribution >= 4 is 5.91 Å². The lowest BCUT2D eigenvalue weighted by Crippen LogP contribution is -2.29. The third-order valence-electron chi connectivity index (χ3n) is 2.72. The average molecular weight is 274 g/mol. The van der Waals surface area contributed by atoms with Gasteiger partial charge in [0.05, 0.1) is 0 Å². The van der Waals surface area contributed by atoms with Crippen LogP contribution in [0, 0.1) is 0 Å². The van der Waals surface area contributed by atoms with E-state index in [1.807, 2.05) is 30.3 Å². The molecule has 1 aromatic carbocycles. The Morgan fingerprint density at radius 2 is 2.05 bits per heavy atom. The Bertz CT molecular complexity index is 539. The number of benzene rings is 1. The molecule has 0 fully saturated rings. The Morgan fingerprint density at radius 3 is 2.80 bits per heavy atom. The fourth-order valence-electron chi connectivity index (χ4n) is 1.69. The first-order valence-electron chi connectivity index (χ1n) is 6.59. The molecule has 7 heteroatoms. The highest BCUT2D eigenvalue weighted by Gasteiger charge is 2.08. The molecule has 0 radical (unpaired) electrons. The number of rotatable bonds is 7. The molecule has 3 N–H and O–H groups in total. The highest BCUT2D eigenvalue weighted by Crippen LogP contribution is 2.11. The largest absolute Gasteiger partial charge is 0.354 e. The van der Waals surface area contributed by atoms with Crippen molar-refractivity contribution in [2.75, 3.05) is 13.1 Å². The fraction of sp³-hybridized carbons (Fsp3) is 0.385. The van der Waals surface area contributed by atoms with Gasteiger partial charge in [-0.2, -0.15) is 4.80 Å². The number of carbonyl (C=O) groups excluding carboxylic acids is 1. The zero-order valence-corrected chi connectivity index (χ0v) is 11.2. The summed E-state index contributed by atoms with van der Waals surface area (Å²) in [6.07, 6.45) is 1.78. The molecule has 0 saturated heterocycles. The molecule has 0 atom stereocenters. The first kappa shape index (κ1) is 14.1. The van der Waals surface area contributed by atoms with Gasteiger partial charge in [0.15, 0.2) is 0 Å². The Labute approximate surface area is 117 Å². The first-order valence-corrected chi connectivity index (χ1v) is 6.59. The SMILES string of the molecule is NCCCCNC(=O)Cn1nnc(-c2ccccc2)n1. The van der Waals surface area contributed by atoms with E-state index in [0.717, 1.165) is 18.4 Å². The van der Waals surface area contributed by atoms with Crippen LogP contribution in [0.1, 0.15) is 12.8 Å². The molecule has 106 valence electrons. The van der Waals surface area contributed by atoms with Gasteiger partial charge in [-0.3, -0.25) is 4.79 Å². The molecule has 0 spiro atoms. The van der Waals surface area contributed by atoms with Crippen molar-refractivity contribution in [3.8, 4) is 11.4 Å². The molecule has 0 aliphatic heterocycles. The zero-order chi connectivity index (χ0) is 14.2. The molecule has 1 aromatic heterocycles.